The lowest BCUT2D eigenvalue weighted by Crippen LogP contribution is -2.23. The number of thioether (sulfide) groups is 1. The molecule has 1 aliphatic rings. The molecule has 0 aliphatic carbocycles. The number of likely N-dealkylation sites (N-methyl/N-ethyl adjacent to an activating group) is 1. The molecule has 2 aromatic carbocycles. The molecule has 0 aromatic heterocycles. The van der Waals surface area contributed by atoms with Crippen LogP contribution in [0, 0.1) is 6.92 Å². The monoisotopic (exact) mass is 382 g/mol. The maximum atomic E-state index is 12.6. The third-order valence-corrected chi connectivity index (χ3v) is 5.15. The SMILES string of the molecule is COc1ccc(/C=C2\SC(=Nc3cccc(C(=O)O)c3)N(C)C2=O)c(C)c1. The number of nitrogens with zero attached hydrogens (tertiary/aromatic N) is 2. The largest absolute Gasteiger partial charge is 0.497 e. The van der Waals surface area contributed by atoms with Crippen LogP contribution in [0.15, 0.2) is 52.4 Å². The minimum absolute atomic E-state index is 0.150. The van der Waals surface area contributed by atoms with Crippen LogP contribution < -0.4 is 4.74 Å². The molecule has 138 valence electrons. The first-order valence-electron chi connectivity index (χ1n) is 8.13. The van der Waals surface area contributed by atoms with Crippen LogP contribution in [-0.2, 0) is 4.79 Å². The molecule has 1 fully saturated rings. The molecule has 1 N–H and O–H groups in total. The number of methoxy groups -OCH3 is 1. The van der Waals surface area contributed by atoms with E-state index in [9.17, 15) is 9.59 Å². The molecule has 1 saturated heterocycles. The number of amidine groups is 1. The van der Waals surface area contributed by atoms with Crippen molar-refractivity contribution in [3.63, 3.8) is 0 Å². The van der Waals surface area contributed by atoms with Gasteiger partial charge in [-0.15, -0.1) is 0 Å². The number of rotatable bonds is 4. The third-order valence-electron chi connectivity index (χ3n) is 4.09. The van der Waals surface area contributed by atoms with E-state index in [-0.39, 0.29) is 11.5 Å². The van der Waals surface area contributed by atoms with Crippen molar-refractivity contribution in [2.24, 2.45) is 4.99 Å². The van der Waals surface area contributed by atoms with E-state index in [0.29, 0.717) is 15.8 Å². The van der Waals surface area contributed by atoms with Crippen LogP contribution in [0.25, 0.3) is 6.08 Å². The summed E-state index contributed by atoms with van der Waals surface area (Å²) in [6.07, 6.45) is 1.83. The zero-order valence-corrected chi connectivity index (χ0v) is 15.9. The van der Waals surface area contributed by atoms with Crippen molar-refractivity contribution in [1.29, 1.82) is 0 Å². The number of aromatic carboxylic acids is 1. The number of hydrogen-bond donors (Lipinski definition) is 1. The molecule has 0 bridgehead atoms. The highest BCUT2D eigenvalue weighted by molar-refractivity contribution is 8.18. The summed E-state index contributed by atoms with van der Waals surface area (Å²) in [5, 5.41) is 9.60. The van der Waals surface area contributed by atoms with E-state index >= 15 is 0 Å². The third kappa shape index (κ3) is 4.03. The highest BCUT2D eigenvalue weighted by Gasteiger charge is 2.30. The number of amides is 1. The smallest absolute Gasteiger partial charge is 0.335 e. The Bertz CT molecular complexity index is 982. The van der Waals surface area contributed by atoms with Crippen LogP contribution in [0.4, 0.5) is 5.69 Å². The summed E-state index contributed by atoms with van der Waals surface area (Å²) in [6.45, 7) is 1.95. The highest BCUT2D eigenvalue weighted by Crippen LogP contribution is 2.34. The second kappa shape index (κ2) is 7.67. The molecular formula is C20H18N2O4S. The van der Waals surface area contributed by atoms with Gasteiger partial charge in [0.1, 0.15) is 5.75 Å². The van der Waals surface area contributed by atoms with Crippen LogP contribution in [0.1, 0.15) is 21.5 Å². The zero-order valence-electron chi connectivity index (χ0n) is 15.1. The van der Waals surface area contributed by atoms with E-state index in [1.54, 1.807) is 26.3 Å². The lowest BCUT2D eigenvalue weighted by molar-refractivity contribution is -0.121. The summed E-state index contributed by atoms with van der Waals surface area (Å²) in [7, 11) is 3.26. The summed E-state index contributed by atoms with van der Waals surface area (Å²) in [4.78, 5) is 30.1. The Morgan fingerprint density at radius 3 is 2.70 bits per heavy atom. The minimum Gasteiger partial charge on any atom is -0.497 e. The number of carboxylic acid groups (broad SMARTS) is 1. The normalized spacial score (nSPS) is 17.0. The molecule has 3 rings (SSSR count). The number of carboxylic acids is 1. The molecule has 27 heavy (non-hydrogen) atoms. The molecule has 0 saturated carbocycles. The lowest BCUT2D eigenvalue weighted by Gasteiger charge is -2.07. The minimum atomic E-state index is -1.02. The number of carbonyl (C=O) groups is 2. The molecule has 0 atom stereocenters. The number of benzene rings is 2. The van der Waals surface area contributed by atoms with Gasteiger partial charge in [0.15, 0.2) is 5.17 Å². The molecule has 2 aromatic rings. The summed E-state index contributed by atoms with van der Waals surface area (Å²) < 4.78 is 5.21. The van der Waals surface area contributed by atoms with Gasteiger partial charge in [-0.3, -0.25) is 9.69 Å². The van der Waals surface area contributed by atoms with Gasteiger partial charge in [-0.2, -0.15) is 0 Å². The van der Waals surface area contributed by atoms with Crippen molar-refractivity contribution in [2.75, 3.05) is 14.2 Å². The topological polar surface area (TPSA) is 79.2 Å². The first-order chi connectivity index (χ1) is 12.9. The lowest BCUT2D eigenvalue weighted by atomic mass is 10.1. The number of carbonyl (C=O) groups excluding carboxylic acids is 1. The molecule has 0 radical (unpaired) electrons. The Hall–Kier alpha value is -3.06. The highest BCUT2D eigenvalue weighted by atomic mass is 32.2. The van der Waals surface area contributed by atoms with E-state index < -0.39 is 5.97 Å². The fourth-order valence-corrected chi connectivity index (χ4v) is 3.53. The summed E-state index contributed by atoms with van der Waals surface area (Å²) in [6, 6.07) is 12.0. The van der Waals surface area contributed by atoms with Crippen LogP contribution in [0.5, 0.6) is 5.75 Å². The molecule has 1 aliphatic heterocycles. The van der Waals surface area contributed by atoms with Crippen molar-refractivity contribution >= 4 is 40.6 Å². The standard InChI is InChI=1S/C20H18N2O4S/c1-12-9-16(26-3)8-7-13(12)11-17-18(23)22(2)20(27-17)21-15-6-4-5-14(10-15)19(24)25/h4-11H,1-3H3,(H,24,25)/b17-11-,21-20?. The zero-order chi connectivity index (χ0) is 19.6. The molecular weight excluding hydrogens is 364 g/mol. The summed E-state index contributed by atoms with van der Waals surface area (Å²) >= 11 is 1.26. The number of hydrogen-bond acceptors (Lipinski definition) is 5. The van der Waals surface area contributed by atoms with Gasteiger partial charge in [-0.05, 0) is 66.2 Å². The van der Waals surface area contributed by atoms with Crippen LogP contribution >= 0.6 is 11.8 Å². The average Bonchev–Trinajstić information content (AvgIpc) is 2.91. The van der Waals surface area contributed by atoms with Crippen molar-refractivity contribution in [3.05, 3.63) is 64.1 Å². The van der Waals surface area contributed by atoms with Crippen LogP contribution in [0.2, 0.25) is 0 Å². The van der Waals surface area contributed by atoms with Gasteiger partial charge in [0, 0.05) is 7.05 Å². The molecule has 7 heteroatoms. The average molecular weight is 382 g/mol. The van der Waals surface area contributed by atoms with Crippen molar-refractivity contribution in [3.8, 4) is 5.75 Å². The van der Waals surface area contributed by atoms with Gasteiger partial charge in [-0.25, -0.2) is 9.79 Å². The number of aliphatic imine (C=N–C) groups is 1. The number of aryl methyl sites for hydroxylation is 1. The maximum Gasteiger partial charge on any atom is 0.335 e. The van der Waals surface area contributed by atoms with Crippen LogP contribution in [0.3, 0.4) is 0 Å². The molecule has 1 heterocycles. The Morgan fingerprint density at radius 1 is 1.26 bits per heavy atom. The van der Waals surface area contributed by atoms with Gasteiger partial charge in [-0.1, -0.05) is 12.1 Å². The van der Waals surface area contributed by atoms with Gasteiger partial charge in [0.05, 0.1) is 23.3 Å². The van der Waals surface area contributed by atoms with Gasteiger partial charge >= 0.3 is 5.97 Å². The van der Waals surface area contributed by atoms with Gasteiger partial charge < -0.3 is 9.84 Å². The van der Waals surface area contributed by atoms with Crippen molar-refractivity contribution in [2.45, 2.75) is 6.92 Å². The van der Waals surface area contributed by atoms with Crippen LogP contribution in [-0.4, -0.2) is 41.2 Å². The van der Waals surface area contributed by atoms with Gasteiger partial charge in [0.25, 0.3) is 5.91 Å². The summed E-state index contributed by atoms with van der Waals surface area (Å²) in [5.74, 6) is -0.405. The van der Waals surface area contributed by atoms with E-state index in [0.717, 1.165) is 16.9 Å². The Balaban J connectivity index is 1.91. The fourth-order valence-electron chi connectivity index (χ4n) is 2.55. The second-order valence-corrected chi connectivity index (χ2v) is 6.96. The Morgan fingerprint density at radius 2 is 2.04 bits per heavy atom. The predicted molar refractivity (Wildman–Crippen MR) is 107 cm³/mol. The fraction of sp³-hybridized carbons (Fsp3) is 0.150. The molecule has 6 nitrogen and oxygen atoms in total. The van der Waals surface area contributed by atoms with Crippen molar-refractivity contribution < 1.29 is 19.4 Å². The quantitative estimate of drug-likeness (QED) is 0.811. The molecule has 1 amide bonds. The maximum absolute atomic E-state index is 12.6. The molecule has 0 spiro atoms. The first kappa shape index (κ1) is 18.7. The Kier molecular flexibility index (Phi) is 5.32. The van der Waals surface area contributed by atoms with E-state index in [1.807, 2.05) is 31.2 Å². The molecule has 0 unspecified atom stereocenters. The van der Waals surface area contributed by atoms with E-state index in [2.05, 4.69) is 4.99 Å². The van der Waals surface area contributed by atoms with E-state index in [1.165, 1.54) is 28.8 Å². The predicted octanol–water partition coefficient (Wildman–Crippen LogP) is 3.94. The van der Waals surface area contributed by atoms with Gasteiger partial charge in [0.2, 0.25) is 0 Å². The number of ether oxygens (including phenoxy) is 1. The van der Waals surface area contributed by atoms with Crippen molar-refractivity contribution in [1.82, 2.24) is 4.90 Å². The Labute approximate surface area is 161 Å². The van der Waals surface area contributed by atoms with E-state index in [4.69, 9.17) is 9.84 Å². The second-order valence-electron chi connectivity index (χ2n) is 5.95. The first-order valence-corrected chi connectivity index (χ1v) is 8.95. The summed E-state index contributed by atoms with van der Waals surface area (Å²) in [5.41, 5.74) is 2.56.